The van der Waals surface area contributed by atoms with Crippen molar-refractivity contribution in [2.24, 2.45) is 0 Å². The lowest BCUT2D eigenvalue weighted by Gasteiger charge is -2.14. The fourth-order valence-corrected chi connectivity index (χ4v) is 2.49. The Balaban J connectivity index is 2.06. The number of nitrogens with zero attached hydrogens (tertiary/aromatic N) is 2. The number of rotatable bonds is 4. The summed E-state index contributed by atoms with van der Waals surface area (Å²) in [6.07, 6.45) is -0.489. The van der Waals surface area contributed by atoms with E-state index in [0.717, 1.165) is 5.56 Å². The average Bonchev–Trinajstić information content (AvgIpc) is 2.97. The van der Waals surface area contributed by atoms with Gasteiger partial charge in [0, 0.05) is 7.11 Å². The first-order valence-corrected chi connectivity index (χ1v) is 6.89. The van der Waals surface area contributed by atoms with E-state index >= 15 is 0 Å². The number of fused-ring (bicyclic) bond motifs is 1. The molecule has 5 nitrogen and oxygen atoms in total. The standard InChI is InChI=1S/C17H14FN3O2/c1-19-14-8-10(4-7-15(14)22-2)16(23-3)17-20-12-6-5-11(18)9-13(12)21-17/h4-9,16H,2-3H3,(H,20,21). The fraction of sp³-hybridized carbons (Fsp3) is 0.176. The number of nitrogens with one attached hydrogen (secondary N) is 1. The number of benzene rings is 2. The molecule has 3 aromatic rings. The van der Waals surface area contributed by atoms with E-state index in [4.69, 9.17) is 16.0 Å². The molecule has 0 radical (unpaired) electrons. The molecule has 0 spiro atoms. The van der Waals surface area contributed by atoms with Gasteiger partial charge in [0.15, 0.2) is 0 Å². The van der Waals surface area contributed by atoms with Crippen molar-refractivity contribution in [1.29, 1.82) is 0 Å². The molecule has 0 saturated heterocycles. The maximum atomic E-state index is 13.3. The molecule has 1 unspecified atom stereocenters. The largest absolute Gasteiger partial charge is 0.508 e. The first-order valence-electron chi connectivity index (χ1n) is 6.89. The lowest BCUT2D eigenvalue weighted by atomic mass is 10.1. The second-order valence-electron chi connectivity index (χ2n) is 4.94. The van der Waals surface area contributed by atoms with Crippen LogP contribution in [-0.2, 0) is 4.74 Å². The van der Waals surface area contributed by atoms with E-state index in [-0.39, 0.29) is 5.82 Å². The van der Waals surface area contributed by atoms with Crippen LogP contribution in [0.15, 0.2) is 36.4 Å². The topological polar surface area (TPSA) is 51.5 Å². The maximum absolute atomic E-state index is 13.3. The summed E-state index contributed by atoms with van der Waals surface area (Å²) < 4.78 is 24.0. The van der Waals surface area contributed by atoms with Crippen molar-refractivity contribution >= 4 is 16.7 Å². The number of H-pyrrole nitrogens is 1. The third-order valence-corrected chi connectivity index (χ3v) is 3.57. The number of halogens is 1. The van der Waals surface area contributed by atoms with E-state index in [1.165, 1.54) is 19.2 Å². The number of hydrogen-bond acceptors (Lipinski definition) is 3. The van der Waals surface area contributed by atoms with Crippen molar-refractivity contribution in [3.63, 3.8) is 0 Å². The highest BCUT2D eigenvalue weighted by Gasteiger charge is 2.19. The van der Waals surface area contributed by atoms with E-state index in [1.54, 1.807) is 25.3 Å². The van der Waals surface area contributed by atoms with Gasteiger partial charge in [-0.15, -0.1) is 0 Å². The number of hydrogen-bond donors (Lipinski definition) is 1. The summed E-state index contributed by atoms with van der Waals surface area (Å²) >= 11 is 0. The summed E-state index contributed by atoms with van der Waals surface area (Å²) in [5, 5.41) is 0. The quantitative estimate of drug-likeness (QED) is 0.741. The van der Waals surface area contributed by atoms with E-state index in [2.05, 4.69) is 14.8 Å². The Morgan fingerprint density at radius 2 is 2.04 bits per heavy atom. The molecule has 1 atom stereocenters. The number of ether oxygens (including phenoxy) is 2. The van der Waals surface area contributed by atoms with Crippen molar-refractivity contribution in [3.05, 3.63) is 65.0 Å². The normalized spacial score (nSPS) is 12.1. The summed E-state index contributed by atoms with van der Waals surface area (Å²) in [7, 11) is 3.07. The number of aromatic nitrogens is 2. The SMILES string of the molecule is [C-]#[N+]c1cc(C(OC)c2nc3ccc(F)cc3[nH]2)ccc1OC. The minimum atomic E-state index is -0.489. The summed E-state index contributed by atoms with van der Waals surface area (Å²) in [4.78, 5) is 11.0. The lowest BCUT2D eigenvalue weighted by Crippen LogP contribution is -2.05. The van der Waals surface area contributed by atoms with Crippen LogP contribution in [0.25, 0.3) is 15.9 Å². The van der Waals surface area contributed by atoms with Gasteiger partial charge < -0.3 is 14.5 Å². The first-order chi connectivity index (χ1) is 11.2. The van der Waals surface area contributed by atoms with Crippen LogP contribution in [-0.4, -0.2) is 24.2 Å². The van der Waals surface area contributed by atoms with Crippen LogP contribution in [0.1, 0.15) is 17.5 Å². The molecule has 0 amide bonds. The summed E-state index contributed by atoms with van der Waals surface area (Å²) in [5.41, 5.74) is 2.41. The molecule has 0 fully saturated rings. The summed E-state index contributed by atoms with van der Waals surface area (Å²) in [5.74, 6) is 0.723. The van der Waals surface area contributed by atoms with Gasteiger partial charge in [0.2, 0.25) is 5.69 Å². The second kappa shape index (κ2) is 6.07. The van der Waals surface area contributed by atoms with Gasteiger partial charge in [-0.2, -0.15) is 0 Å². The average molecular weight is 311 g/mol. The maximum Gasteiger partial charge on any atom is 0.228 e. The zero-order valence-electron chi connectivity index (χ0n) is 12.6. The predicted octanol–water partition coefficient (Wildman–Crippen LogP) is 4.00. The molecule has 0 aliphatic rings. The molecule has 1 heterocycles. The van der Waals surface area contributed by atoms with Crippen molar-refractivity contribution in [2.75, 3.05) is 14.2 Å². The molecule has 0 saturated carbocycles. The lowest BCUT2D eigenvalue weighted by molar-refractivity contribution is 0.130. The first kappa shape index (κ1) is 15.0. The minimum Gasteiger partial charge on any atom is -0.508 e. The van der Waals surface area contributed by atoms with E-state index in [1.807, 2.05) is 6.07 Å². The Kier molecular flexibility index (Phi) is 3.96. The number of aromatic amines is 1. The Bertz CT molecular complexity index is 898. The van der Waals surface area contributed by atoms with Crippen LogP contribution in [0.4, 0.5) is 10.1 Å². The van der Waals surface area contributed by atoms with Crippen molar-refractivity contribution < 1.29 is 13.9 Å². The molecule has 1 aromatic heterocycles. The van der Waals surface area contributed by atoms with Crippen LogP contribution >= 0.6 is 0 Å². The van der Waals surface area contributed by atoms with Gasteiger partial charge in [-0.25, -0.2) is 14.2 Å². The molecule has 2 aromatic carbocycles. The van der Waals surface area contributed by atoms with Crippen LogP contribution < -0.4 is 4.74 Å². The van der Waals surface area contributed by atoms with Gasteiger partial charge in [-0.1, -0.05) is 6.07 Å². The highest BCUT2D eigenvalue weighted by molar-refractivity contribution is 5.75. The molecule has 0 aliphatic carbocycles. The number of imidazole rings is 1. The van der Waals surface area contributed by atoms with Gasteiger partial charge in [0.1, 0.15) is 23.5 Å². The zero-order chi connectivity index (χ0) is 16.4. The third kappa shape index (κ3) is 2.74. The molecular weight excluding hydrogens is 297 g/mol. The van der Waals surface area contributed by atoms with Crippen molar-refractivity contribution in [1.82, 2.24) is 9.97 Å². The smallest absolute Gasteiger partial charge is 0.228 e. The van der Waals surface area contributed by atoms with E-state index in [0.29, 0.717) is 28.3 Å². The Morgan fingerprint density at radius 3 is 2.74 bits per heavy atom. The number of methoxy groups -OCH3 is 2. The van der Waals surface area contributed by atoms with Crippen molar-refractivity contribution in [3.8, 4) is 5.75 Å². The Morgan fingerprint density at radius 1 is 1.22 bits per heavy atom. The molecular formula is C17H14FN3O2. The molecule has 3 rings (SSSR count). The Hall–Kier alpha value is -2.91. The van der Waals surface area contributed by atoms with Crippen LogP contribution in [0.5, 0.6) is 5.75 Å². The molecule has 23 heavy (non-hydrogen) atoms. The molecule has 6 heteroatoms. The summed E-state index contributed by atoms with van der Waals surface area (Å²) in [6.45, 7) is 7.24. The van der Waals surface area contributed by atoms with Gasteiger partial charge in [-0.05, 0) is 35.9 Å². The van der Waals surface area contributed by atoms with Crippen LogP contribution in [0.2, 0.25) is 0 Å². The minimum absolute atomic E-state index is 0.332. The highest BCUT2D eigenvalue weighted by atomic mass is 19.1. The van der Waals surface area contributed by atoms with Gasteiger partial charge >= 0.3 is 0 Å². The summed E-state index contributed by atoms with van der Waals surface area (Å²) in [6, 6.07) is 9.59. The van der Waals surface area contributed by atoms with E-state index in [9.17, 15) is 4.39 Å². The van der Waals surface area contributed by atoms with Crippen molar-refractivity contribution in [2.45, 2.75) is 6.10 Å². The van der Waals surface area contributed by atoms with Gasteiger partial charge in [-0.3, -0.25) is 0 Å². The third-order valence-electron chi connectivity index (χ3n) is 3.57. The molecule has 1 N–H and O–H groups in total. The zero-order valence-corrected chi connectivity index (χ0v) is 12.6. The van der Waals surface area contributed by atoms with Crippen LogP contribution in [0.3, 0.4) is 0 Å². The highest BCUT2D eigenvalue weighted by Crippen LogP contribution is 2.33. The molecule has 116 valence electrons. The monoisotopic (exact) mass is 311 g/mol. The van der Waals surface area contributed by atoms with Crippen LogP contribution in [0, 0.1) is 12.4 Å². The predicted molar refractivity (Wildman–Crippen MR) is 84.2 cm³/mol. The molecule has 0 aliphatic heterocycles. The van der Waals surface area contributed by atoms with E-state index < -0.39 is 6.10 Å². The van der Waals surface area contributed by atoms with Gasteiger partial charge in [0.05, 0.1) is 24.7 Å². The second-order valence-corrected chi connectivity index (χ2v) is 4.94. The fourth-order valence-electron chi connectivity index (χ4n) is 2.49. The van der Waals surface area contributed by atoms with Gasteiger partial charge in [0.25, 0.3) is 0 Å². The molecule has 0 bridgehead atoms. The Labute approximate surface area is 132 Å².